The van der Waals surface area contributed by atoms with Crippen LogP contribution in [0.2, 0.25) is 0 Å². The molecule has 32 heavy (non-hydrogen) atoms. The first-order valence-electron chi connectivity index (χ1n) is 11.2. The molecule has 0 bridgehead atoms. The number of ether oxygens (including phenoxy) is 1. The van der Waals surface area contributed by atoms with Crippen LogP contribution in [-0.4, -0.2) is 58.0 Å². The molecule has 1 aliphatic carbocycles. The van der Waals surface area contributed by atoms with Crippen molar-refractivity contribution in [1.29, 1.82) is 0 Å². The number of sulfonamides is 1. The molecule has 2 aliphatic heterocycles. The fraction of sp³-hybridized carbons (Fsp3) is 0.458. The minimum Gasteiger partial charge on any atom is -0.495 e. The number of methoxy groups -OCH3 is 1. The van der Waals surface area contributed by atoms with Crippen molar-refractivity contribution in [3.05, 3.63) is 48.0 Å². The third-order valence-electron chi connectivity index (χ3n) is 6.73. The lowest BCUT2D eigenvalue weighted by Crippen LogP contribution is -2.48. The molecule has 5 rings (SSSR count). The number of anilines is 2. The molecular formula is C24H29N3O4S. The summed E-state index contributed by atoms with van der Waals surface area (Å²) in [5.74, 6) is 1.12. The smallest absolute Gasteiger partial charge is 0.243 e. The van der Waals surface area contributed by atoms with Crippen molar-refractivity contribution >= 4 is 27.3 Å². The Morgan fingerprint density at radius 1 is 1.00 bits per heavy atom. The summed E-state index contributed by atoms with van der Waals surface area (Å²) in [7, 11) is -1.95. The highest BCUT2D eigenvalue weighted by atomic mass is 32.2. The zero-order chi connectivity index (χ0) is 22.5. The van der Waals surface area contributed by atoms with Crippen LogP contribution >= 0.6 is 0 Å². The molecule has 0 aromatic heterocycles. The maximum atomic E-state index is 13.4. The molecule has 8 heteroatoms. The number of piperazine rings is 1. The molecule has 170 valence electrons. The second-order valence-corrected chi connectivity index (χ2v) is 10.8. The van der Waals surface area contributed by atoms with Gasteiger partial charge in [0, 0.05) is 43.8 Å². The van der Waals surface area contributed by atoms with E-state index in [2.05, 4.69) is 4.90 Å². The van der Waals surface area contributed by atoms with Gasteiger partial charge in [-0.3, -0.25) is 4.79 Å². The summed E-state index contributed by atoms with van der Waals surface area (Å²) >= 11 is 0. The Bertz CT molecular complexity index is 1140. The number of nitrogens with zero attached hydrogens (tertiary/aromatic N) is 3. The number of benzene rings is 2. The number of hydrogen-bond donors (Lipinski definition) is 0. The topological polar surface area (TPSA) is 70.2 Å². The zero-order valence-corrected chi connectivity index (χ0v) is 19.3. The van der Waals surface area contributed by atoms with Gasteiger partial charge in [0.1, 0.15) is 5.75 Å². The molecule has 1 unspecified atom stereocenters. The van der Waals surface area contributed by atoms with Gasteiger partial charge >= 0.3 is 0 Å². The summed E-state index contributed by atoms with van der Waals surface area (Å²) in [6.07, 6.45) is 2.62. The minimum atomic E-state index is -3.59. The third-order valence-corrected chi connectivity index (χ3v) is 8.63. The fourth-order valence-corrected chi connectivity index (χ4v) is 6.31. The molecule has 0 spiro atoms. The van der Waals surface area contributed by atoms with Crippen molar-refractivity contribution in [3.8, 4) is 5.75 Å². The van der Waals surface area contributed by atoms with Crippen molar-refractivity contribution < 1.29 is 17.9 Å². The standard InChI is InChI=1S/C24H29N3O4S/c1-17-15-19-16-20(9-10-21(19)27(17)24(28)18-7-8-18)32(29,30)26-13-11-25(12-14-26)22-5-3-4-6-23(22)31-2/h3-6,9-10,16-18H,7-8,11-15H2,1-2H3. The average molecular weight is 456 g/mol. The Kier molecular flexibility index (Phi) is 5.37. The fourth-order valence-electron chi connectivity index (χ4n) is 4.84. The van der Waals surface area contributed by atoms with Gasteiger partial charge in [0.15, 0.2) is 0 Å². The Morgan fingerprint density at radius 2 is 1.72 bits per heavy atom. The molecule has 2 fully saturated rings. The summed E-state index contributed by atoms with van der Waals surface area (Å²) in [5.41, 5.74) is 2.80. The number of rotatable bonds is 5. The molecule has 2 heterocycles. The SMILES string of the molecule is COc1ccccc1N1CCN(S(=O)(=O)c2ccc3c(c2)CC(C)N3C(=O)C2CC2)CC1. The van der Waals surface area contributed by atoms with Crippen LogP contribution in [-0.2, 0) is 21.2 Å². The second kappa shape index (κ2) is 8.08. The number of para-hydroxylation sites is 2. The van der Waals surface area contributed by atoms with Crippen molar-refractivity contribution in [2.75, 3.05) is 43.1 Å². The normalized spacial score (nSPS) is 21.5. The van der Waals surface area contributed by atoms with E-state index in [1.807, 2.05) is 42.2 Å². The number of amides is 1. The highest BCUT2D eigenvalue weighted by Crippen LogP contribution is 2.40. The molecule has 1 saturated heterocycles. The summed E-state index contributed by atoms with van der Waals surface area (Å²) in [5, 5.41) is 0. The predicted octanol–water partition coefficient (Wildman–Crippen LogP) is 2.89. The van der Waals surface area contributed by atoms with Crippen LogP contribution in [0.3, 0.4) is 0 Å². The van der Waals surface area contributed by atoms with E-state index in [9.17, 15) is 13.2 Å². The maximum Gasteiger partial charge on any atom is 0.243 e. The predicted molar refractivity (Wildman–Crippen MR) is 124 cm³/mol. The van der Waals surface area contributed by atoms with E-state index < -0.39 is 10.0 Å². The number of carbonyl (C=O) groups is 1. The second-order valence-electron chi connectivity index (χ2n) is 8.89. The average Bonchev–Trinajstić information content (AvgIpc) is 3.60. The van der Waals surface area contributed by atoms with E-state index in [-0.39, 0.29) is 17.9 Å². The van der Waals surface area contributed by atoms with Gasteiger partial charge in [-0.2, -0.15) is 4.31 Å². The first kappa shape index (κ1) is 21.3. The van der Waals surface area contributed by atoms with Gasteiger partial charge in [0.05, 0.1) is 17.7 Å². The van der Waals surface area contributed by atoms with Crippen LogP contribution in [0.25, 0.3) is 0 Å². The van der Waals surface area contributed by atoms with E-state index in [0.29, 0.717) is 37.5 Å². The lowest BCUT2D eigenvalue weighted by molar-refractivity contribution is -0.120. The minimum absolute atomic E-state index is 0.0699. The molecule has 0 N–H and O–H groups in total. The van der Waals surface area contributed by atoms with Crippen LogP contribution in [0.4, 0.5) is 11.4 Å². The summed E-state index contributed by atoms with van der Waals surface area (Å²) < 4.78 is 33.8. The van der Waals surface area contributed by atoms with Crippen LogP contribution < -0.4 is 14.5 Å². The Balaban J connectivity index is 1.33. The highest BCUT2D eigenvalue weighted by molar-refractivity contribution is 7.89. The van der Waals surface area contributed by atoms with Crippen LogP contribution in [0, 0.1) is 5.92 Å². The number of hydrogen-bond acceptors (Lipinski definition) is 5. The quantitative estimate of drug-likeness (QED) is 0.693. The van der Waals surface area contributed by atoms with Crippen molar-refractivity contribution in [2.24, 2.45) is 5.92 Å². The van der Waals surface area contributed by atoms with Gasteiger partial charge in [-0.25, -0.2) is 8.42 Å². The molecule has 3 aliphatic rings. The van der Waals surface area contributed by atoms with E-state index >= 15 is 0 Å². The Hall–Kier alpha value is -2.58. The molecule has 2 aromatic rings. The van der Waals surface area contributed by atoms with Gasteiger partial charge in [-0.05, 0) is 62.1 Å². The van der Waals surface area contributed by atoms with Crippen LogP contribution in [0.5, 0.6) is 5.75 Å². The first-order valence-corrected chi connectivity index (χ1v) is 12.7. The first-order chi connectivity index (χ1) is 15.4. The van der Waals surface area contributed by atoms with E-state index in [1.165, 1.54) is 0 Å². The van der Waals surface area contributed by atoms with Gasteiger partial charge in [0.25, 0.3) is 0 Å². The van der Waals surface area contributed by atoms with Crippen LogP contribution in [0.15, 0.2) is 47.4 Å². The number of fused-ring (bicyclic) bond motifs is 1. The maximum absolute atomic E-state index is 13.4. The third kappa shape index (κ3) is 3.65. The van der Waals surface area contributed by atoms with E-state index in [4.69, 9.17) is 4.74 Å². The van der Waals surface area contributed by atoms with Crippen LogP contribution in [0.1, 0.15) is 25.3 Å². The molecule has 7 nitrogen and oxygen atoms in total. The van der Waals surface area contributed by atoms with Gasteiger partial charge < -0.3 is 14.5 Å². The van der Waals surface area contributed by atoms with Crippen molar-refractivity contribution in [1.82, 2.24) is 4.31 Å². The zero-order valence-electron chi connectivity index (χ0n) is 18.5. The number of carbonyl (C=O) groups excluding carboxylic acids is 1. The molecule has 1 amide bonds. The molecular weight excluding hydrogens is 426 g/mol. The van der Waals surface area contributed by atoms with Gasteiger partial charge in [0.2, 0.25) is 15.9 Å². The summed E-state index contributed by atoms with van der Waals surface area (Å²) in [6, 6.07) is 13.1. The lowest BCUT2D eigenvalue weighted by atomic mass is 10.1. The molecule has 0 radical (unpaired) electrons. The summed E-state index contributed by atoms with van der Waals surface area (Å²) in [6.45, 7) is 4.07. The van der Waals surface area contributed by atoms with Crippen molar-refractivity contribution in [3.63, 3.8) is 0 Å². The monoisotopic (exact) mass is 455 g/mol. The lowest BCUT2D eigenvalue weighted by Gasteiger charge is -2.36. The highest BCUT2D eigenvalue weighted by Gasteiger charge is 2.40. The molecule has 1 saturated carbocycles. The van der Waals surface area contributed by atoms with E-state index in [1.54, 1.807) is 23.5 Å². The molecule has 2 aromatic carbocycles. The molecule has 1 atom stereocenters. The van der Waals surface area contributed by atoms with Gasteiger partial charge in [-0.1, -0.05) is 12.1 Å². The van der Waals surface area contributed by atoms with E-state index in [0.717, 1.165) is 35.5 Å². The van der Waals surface area contributed by atoms with Crippen molar-refractivity contribution in [2.45, 2.75) is 37.1 Å². The summed E-state index contributed by atoms with van der Waals surface area (Å²) in [4.78, 5) is 17.0. The largest absolute Gasteiger partial charge is 0.495 e. The van der Waals surface area contributed by atoms with Gasteiger partial charge in [-0.15, -0.1) is 0 Å². The Labute approximate surface area is 189 Å². The Morgan fingerprint density at radius 3 is 2.41 bits per heavy atom.